The number of rotatable bonds is 4. The van der Waals surface area contributed by atoms with Crippen molar-refractivity contribution in [3.8, 4) is 5.75 Å². The van der Waals surface area contributed by atoms with Crippen molar-refractivity contribution in [3.05, 3.63) is 29.6 Å². The molecule has 2 N–H and O–H groups in total. The van der Waals surface area contributed by atoms with Gasteiger partial charge in [-0.25, -0.2) is 4.39 Å². The molecule has 7 heteroatoms. The number of hydrogen-bond donors (Lipinski definition) is 2. The van der Waals surface area contributed by atoms with E-state index in [1.165, 1.54) is 19.2 Å². The molecule has 0 amide bonds. The Morgan fingerprint density at radius 3 is 2.29 bits per heavy atom. The lowest BCUT2D eigenvalue weighted by atomic mass is 9.80. The first kappa shape index (κ1) is 16.0. The Balaban J connectivity index is 2.47. The predicted molar refractivity (Wildman–Crippen MR) is 66.5 cm³/mol. The summed E-state index contributed by atoms with van der Waals surface area (Å²) in [6, 6.07) is 3.86. The number of ether oxygens (including phenoxy) is 1. The van der Waals surface area contributed by atoms with Gasteiger partial charge in [-0.05, 0) is 25.8 Å². The molecule has 2 unspecified atom stereocenters. The number of benzene rings is 1. The van der Waals surface area contributed by atoms with Gasteiger partial charge in [0.2, 0.25) is 0 Å². The molecular formula is C14H16F4O3. The van der Waals surface area contributed by atoms with E-state index in [0.717, 1.165) is 6.07 Å². The number of alkyl halides is 3. The van der Waals surface area contributed by atoms with Crippen molar-refractivity contribution in [2.45, 2.75) is 43.1 Å². The third-order valence-electron chi connectivity index (χ3n) is 4.13. The smallest absolute Gasteiger partial charge is 0.419 e. The van der Waals surface area contributed by atoms with Gasteiger partial charge >= 0.3 is 6.18 Å². The summed E-state index contributed by atoms with van der Waals surface area (Å²) < 4.78 is 57.3. The topological polar surface area (TPSA) is 49.7 Å². The molecular weight excluding hydrogens is 292 g/mol. The fourth-order valence-electron chi connectivity index (χ4n) is 2.63. The van der Waals surface area contributed by atoms with Crippen LogP contribution in [0.3, 0.4) is 0 Å². The third kappa shape index (κ3) is 2.38. The number of methoxy groups -OCH3 is 1. The van der Waals surface area contributed by atoms with Gasteiger partial charge in [0.15, 0.2) is 17.2 Å². The van der Waals surface area contributed by atoms with Crippen molar-refractivity contribution in [1.29, 1.82) is 0 Å². The van der Waals surface area contributed by atoms with E-state index in [1.54, 1.807) is 0 Å². The molecule has 0 bridgehead atoms. The maximum atomic E-state index is 13.7. The fourth-order valence-corrected chi connectivity index (χ4v) is 2.63. The van der Waals surface area contributed by atoms with E-state index in [0.29, 0.717) is 6.92 Å². The molecule has 0 aliphatic heterocycles. The highest BCUT2D eigenvalue weighted by Crippen LogP contribution is 2.57. The van der Waals surface area contributed by atoms with Crippen LogP contribution in [-0.4, -0.2) is 35.2 Å². The summed E-state index contributed by atoms with van der Waals surface area (Å²) in [5, 5.41) is 19.8. The molecule has 0 saturated heterocycles. The Kier molecular flexibility index (Phi) is 3.70. The minimum absolute atomic E-state index is 0.141. The summed E-state index contributed by atoms with van der Waals surface area (Å²) in [6.07, 6.45) is -6.69. The number of para-hydroxylation sites is 1. The van der Waals surface area contributed by atoms with E-state index in [4.69, 9.17) is 4.74 Å². The van der Waals surface area contributed by atoms with E-state index in [1.807, 2.05) is 0 Å². The van der Waals surface area contributed by atoms with Gasteiger partial charge in [-0.2, -0.15) is 13.2 Å². The van der Waals surface area contributed by atoms with Gasteiger partial charge in [0, 0.05) is 11.0 Å². The summed E-state index contributed by atoms with van der Waals surface area (Å²) in [5.74, 6) is -0.924. The second kappa shape index (κ2) is 4.84. The van der Waals surface area contributed by atoms with Crippen LogP contribution in [0.4, 0.5) is 17.6 Å². The Labute approximate surface area is 119 Å². The van der Waals surface area contributed by atoms with Crippen molar-refractivity contribution in [3.63, 3.8) is 0 Å². The predicted octanol–water partition coefficient (Wildman–Crippen LogP) is 2.54. The van der Waals surface area contributed by atoms with Crippen LogP contribution < -0.4 is 4.74 Å². The SMILES string of the molecule is COc1c(F)cccc1C1(C(O)C(C)(O)C(F)(F)F)CC1. The first-order valence-corrected chi connectivity index (χ1v) is 6.38. The highest BCUT2D eigenvalue weighted by molar-refractivity contribution is 5.46. The van der Waals surface area contributed by atoms with Gasteiger partial charge in [-0.15, -0.1) is 0 Å². The van der Waals surface area contributed by atoms with Crippen LogP contribution in [0, 0.1) is 5.82 Å². The molecule has 0 radical (unpaired) electrons. The van der Waals surface area contributed by atoms with Crippen molar-refractivity contribution >= 4 is 0 Å². The second-order valence-corrected chi connectivity index (χ2v) is 5.52. The minimum atomic E-state index is -5.00. The van der Waals surface area contributed by atoms with Crippen LogP contribution in [0.1, 0.15) is 25.3 Å². The van der Waals surface area contributed by atoms with Crippen LogP contribution in [-0.2, 0) is 5.41 Å². The molecule has 0 heterocycles. The average molecular weight is 308 g/mol. The molecule has 2 rings (SSSR count). The van der Waals surface area contributed by atoms with Crippen molar-refractivity contribution in [1.82, 2.24) is 0 Å². The third-order valence-corrected chi connectivity index (χ3v) is 4.13. The summed E-state index contributed by atoms with van der Waals surface area (Å²) in [5.41, 5.74) is -4.50. The largest absolute Gasteiger partial charge is 0.493 e. The van der Waals surface area contributed by atoms with Crippen molar-refractivity contribution < 1.29 is 32.5 Å². The molecule has 1 saturated carbocycles. The molecule has 1 aliphatic rings. The van der Waals surface area contributed by atoms with E-state index in [-0.39, 0.29) is 24.2 Å². The summed E-state index contributed by atoms with van der Waals surface area (Å²) >= 11 is 0. The minimum Gasteiger partial charge on any atom is -0.493 e. The maximum absolute atomic E-state index is 13.7. The molecule has 1 fully saturated rings. The van der Waals surface area contributed by atoms with E-state index < -0.39 is 29.1 Å². The van der Waals surface area contributed by atoms with Crippen molar-refractivity contribution in [2.24, 2.45) is 0 Å². The molecule has 3 nitrogen and oxygen atoms in total. The number of aliphatic hydroxyl groups is 2. The Morgan fingerprint density at radius 2 is 1.86 bits per heavy atom. The number of hydrogen-bond acceptors (Lipinski definition) is 3. The molecule has 0 spiro atoms. The Hall–Kier alpha value is -1.34. The van der Waals surface area contributed by atoms with Crippen LogP contribution in [0.15, 0.2) is 18.2 Å². The summed E-state index contributed by atoms with van der Waals surface area (Å²) in [6.45, 7) is 0.517. The number of aliphatic hydroxyl groups excluding tert-OH is 1. The van der Waals surface area contributed by atoms with Crippen molar-refractivity contribution in [2.75, 3.05) is 7.11 Å². The highest BCUT2D eigenvalue weighted by Gasteiger charge is 2.65. The molecule has 21 heavy (non-hydrogen) atoms. The molecule has 1 aliphatic carbocycles. The first-order valence-electron chi connectivity index (χ1n) is 6.38. The maximum Gasteiger partial charge on any atom is 0.419 e. The van der Waals surface area contributed by atoms with E-state index in [2.05, 4.69) is 0 Å². The van der Waals surface area contributed by atoms with Gasteiger partial charge in [0.1, 0.15) is 6.10 Å². The Morgan fingerprint density at radius 1 is 1.29 bits per heavy atom. The molecule has 0 aromatic heterocycles. The van der Waals surface area contributed by atoms with E-state index in [9.17, 15) is 27.8 Å². The quantitative estimate of drug-likeness (QED) is 0.841. The Bertz CT molecular complexity index is 536. The fraction of sp³-hybridized carbons (Fsp3) is 0.571. The van der Waals surface area contributed by atoms with Gasteiger partial charge in [-0.3, -0.25) is 0 Å². The molecule has 118 valence electrons. The van der Waals surface area contributed by atoms with Crippen LogP contribution in [0.2, 0.25) is 0 Å². The lowest BCUT2D eigenvalue weighted by Gasteiger charge is -2.36. The molecule has 1 aromatic carbocycles. The van der Waals surface area contributed by atoms with Gasteiger partial charge in [0.05, 0.1) is 7.11 Å². The lowest BCUT2D eigenvalue weighted by molar-refractivity contribution is -0.287. The lowest BCUT2D eigenvalue weighted by Crippen LogP contribution is -2.56. The zero-order valence-corrected chi connectivity index (χ0v) is 11.5. The highest BCUT2D eigenvalue weighted by atomic mass is 19.4. The second-order valence-electron chi connectivity index (χ2n) is 5.52. The zero-order valence-electron chi connectivity index (χ0n) is 11.5. The van der Waals surface area contributed by atoms with E-state index >= 15 is 0 Å². The van der Waals surface area contributed by atoms with Gasteiger partial charge < -0.3 is 14.9 Å². The van der Waals surface area contributed by atoms with Gasteiger partial charge in [0.25, 0.3) is 0 Å². The zero-order chi connectivity index (χ0) is 16.1. The average Bonchev–Trinajstić information content (AvgIpc) is 3.17. The van der Waals surface area contributed by atoms with Gasteiger partial charge in [-0.1, -0.05) is 12.1 Å². The molecule has 1 aromatic rings. The standard InChI is InChI=1S/C14H16F4O3/c1-12(20,14(16,17)18)11(19)13(6-7-13)8-4-3-5-9(15)10(8)21-2/h3-5,11,19-20H,6-7H2,1-2H3. The van der Waals surface area contributed by atoms with Crippen LogP contribution >= 0.6 is 0 Å². The van der Waals surface area contributed by atoms with Crippen LogP contribution in [0.25, 0.3) is 0 Å². The molecule has 2 atom stereocenters. The van der Waals surface area contributed by atoms with Crippen LogP contribution in [0.5, 0.6) is 5.75 Å². The first-order chi connectivity index (χ1) is 9.58. The number of halogens is 4. The monoisotopic (exact) mass is 308 g/mol. The summed E-state index contributed by atoms with van der Waals surface area (Å²) in [4.78, 5) is 0. The normalized spacial score (nSPS) is 21.5. The summed E-state index contributed by atoms with van der Waals surface area (Å²) in [7, 11) is 1.20.